The molecule has 0 saturated heterocycles. The zero-order valence-electron chi connectivity index (χ0n) is 18.4. The molecule has 0 unspecified atom stereocenters. The summed E-state index contributed by atoms with van der Waals surface area (Å²) in [6, 6.07) is 9.71. The van der Waals surface area contributed by atoms with Crippen molar-refractivity contribution >= 4 is 8.32 Å². The van der Waals surface area contributed by atoms with Gasteiger partial charge in [0.2, 0.25) is 0 Å². The minimum absolute atomic E-state index is 0.488. The van der Waals surface area contributed by atoms with Crippen molar-refractivity contribution in [3.63, 3.8) is 0 Å². The average Bonchev–Trinajstić information content (AvgIpc) is 3.18. The molecule has 1 N–H and O–H groups in total. The summed E-state index contributed by atoms with van der Waals surface area (Å²) < 4.78 is 17.8. The lowest BCUT2D eigenvalue weighted by Gasteiger charge is -2.42. The second kappa shape index (κ2) is 9.66. The standard InChI is InChI=1S/C23H36O4Si/c1-16(2)28(17(3)4,18(5)6)27-23-15-19(11-13-22(23)25-7)10-12-20(24)21-9-8-14-26-21/h8-9,11,13-18,20,24H,10,12H2,1-7H3/t20-/m1/s1. The Kier molecular flexibility index (Phi) is 7.78. The Bertz CT molecular complexity index is 700. The molecule has 0 fully saturated rings. The number of aryl methyl sites for hydroxylation is 1. The molecule has 0 amide bonds. The number of rotatable bonds is 10. The Hall–Kier alpha value is -1.72. The summed E-state index contributed by atoms with van der Waals surface area (Å²) in [5.74, 6) is 2.21. The van der Waals surface area contributed by atoms with Gasteiger partial charge < -0.3 is 18.7 Å². The van der Waals surface area contributed by atoms with E-state index < -0.39 is 14.4 Å². The molecule has 28 heavy (non-hydrogen) atoms. The van der Waals surface area contributed by atoms with Crippen LogP contribution in [-0.4, -0.2) is 20.5 Å². The van der Waals surface area contributed by atoms with E-state index in [9.17, 15) is 5.11 Å². The summed E-state index contributed by atoms with van der Waals surface area (Å²) >= 11 is 0. The van der Waals surface area contributed by atoms with Crippen LogP contribution >= 0.6 is 0 Å². The molecule has 156 valence electrons. The number of benzene rings is 1. The van der Waals surface area contributed by atoms with Crippen molar-refractivity contribution in [2.75, 3.05) is 7.11 Å². The normalized spacial score (nSPS) is 13.4. The van der Waals surface area contributed by atoms with E-state index in [1.807, 2.05) is 12.1 Å². The highest BCUT2D eigenvalue weighted by molar-refractivity contribution is 6.78. The molecule has 0 saturated carbocycles. The number of ether oxygens (including phenoxy) is 1. The Morgan fingerprint density at radius 3 is 2.11 bits per heavy atom. The van der Waals surface area contributed by atoms with Gasteiger partial charge in [-0.2, -0.15) is 0 Å². The third kappa shape index (κ3) is 4.81. The van der Waals surface area contributed by atoms with Crippen molar-refractivity contribution in [3.8, 4) is 11.5 Å². The molecule has 2 rings (SSSR count). The topological polar surface area (TPSA) is 51.8 Å². The van der Waals surface area contributed by atoms with Gasteiger partial charge in [0.1, 0.15) is 17.6 Å². The molecular formula is C23H36O4Si. The highest BCUT2D eigenvalue weighted by Gasteiger charge is 2.47. The number of furan rings is 1. The summed E-state index contributed by atoms with van der Waals surface area (Å²) in [5.41, 5.74) is 2.59. The van der Waals surface area contributed by atoms with E-state index in [1.54, 1.807) is 25.5 Å². The van der Waals surface area contributed by atoms with Gasteiger partial charge in [0.15, 0.2) is 5.75 Å². The predicted molar refractivity (Wildman–Crippen MR) is 117 cm³/mol. The van der Waals surface area contributed by atoms with Gasteiger partial charge in [-0.15, -0.1) is 0 Å². The van der Waals surface area contributed by atoms with Crippen LogP contribution in [0.15, 0.2) is 41.0 Å². The molecule has 4 nitrogen and oxygen atoms in total. The number of aliphatic hydroxyl groups is 1. The van der Waals surface area contributed by atoms with Crippen molar-refractivity contribution in [3.05, 3.63) is 47.9 Å². The van der Waals surface area contributed by atoms with Crippen molar-refractivity contribution < 1.29 is 18.7 Å². The fraction of sp³-hybridized carbons (Fsp3) is 0.565. The summed E-state index contributed by atoms with van der Waals surface area (Å²) in [7, 11) is -0.385. The van der Waals surface area contributed by atoms with Crippen LogP contribution in [0.3, 0.4) is 0 Å². The van der Waals surface area contributed by atoms with Crippen molar-refractivity contribution in [1.29, 1.82) is 0 Å². The molecule has 1 atom stereocenters. The van der Waals surface area contributed by atoms with E-state index in [4.69, 9.17) is 13.6 Å². The minimum atomic E-state index is -2.07. The quantitative estimate of drug-likeness (QED) is 0.459. The maximum absolute atomic E-state index is 10.3. The second-order valence-electron chi connectivity index (χ2n) is 8.47. The Morgan fingerprint density at radius 2 is 1.61 bits per heavy atom. The highest BCUT2D eigenvalue weighted by Crippen LogP contribution is 2.45. The predicted octanol–water partition coefficient (Wildman–Crippen LogP) is 6.51. The Balaban J connectivity index is 2.26. The third-order valence-electron chi connectivity index (χ3n) is 5.80. The third-order valence-corrected chi connectivity index (χ3v) is 11.8. The summed E-state index contributed by atoms with van der Waals surface area (Å²) in [4.78, 5) is 0. The lowest BCUT2D eigenvalue weighted by molar-refractivity contribution is 0.140. The highest BCUT2D eigenvalue weighted by atomic mass is 28.4. The monoisotopic (exact) mass is 404 g/mol. The molecule has 0 aliphatic rings. The molecule has 0 bridgehead atoms. The lowest BCUT2D eigenvalue weighted by Crippen LogP contribution is -2.50. The largest absolute Gasteiger partial charge is 0.540 e. The Morgan fingerprint density at radius 1 is 0.964 bits per heavy atom. The van der Waals surface area contributed by atoms with Crippen molar-refractivity contribution in [1.82, 2.24) is 0 Å². The van der Waals surface area contributed by atoms with Gasteiger partial charge in [0.05, 0.1) is 13.4 Å². The average molecular weight is 405 g/mol. The molecule has 0 aliphatic carbocycles. The molecule has 5 heteroatoms. The Labute approximate surface area is 171 Å². The molecule has 2 aromatic rings. The van der Waals surface area contributed by atoms with Gasteiger partial charge in [-0.05, 0) is 59.3 Å². The number of aliphatic hydroxyl groups excluding tert-OH is 1. The minimum Gasteiger partial charge on any atom is -0.540 e. The smallest absolute Gasteiger partial charge is 0.258 e. The van der Waals surface area contributed by atoms with Crippen LogP contribution < -0.4 is 9.16 Å². The van der Waals surface area contributed by atoms with Crippen molar-refractivity contribution in [2.45, 2.75) is 77.1 Å². The van der Waals surface area contributed by atoms with Gasteiger partial charge >= 0.3 is 0 Å². The zero-order valence-corrected chi connectivity index (χ0v) is 19.4. The van der Waals surface area contributed by atoms with Crippen LogP contribution in [0.1, 0.15) is 65.4 Å². The van der Waals surface area contributed by atoms with Gasteiger partial charge in [0.25, 0.3) is 8.32 Å². The fourth-order valence-corrected chi connectivity index (χ4v) is 9.67. The summed E-state index contributed by atoms with van der Waals surface area (Å²) in [6.07, 6.45) is 2.32. The van der Waals surface area contributed by atoms with Crippen molar-refractivity contribution in [2.24, 2.45) is 0 Å². The second-order valence-corrected chi connectivity index (χ2v) is 13.9. The van der Waals surface area contributed by atoms with Crippen LogP contribution in [0, 0.1) is 0 Å². The fourth-order valence-electron chi connectivity index (χ4n) is 4.43. The maximum atomic E-state index is 10.3. The SMILES string of the molecule is COc1ccc(CC[C@@H](O)c2ccco2)cc1O[Si](C(C)C)(C(C)C)C(C)C. The van der Waals surface area contributed by atoms with Gasteiger partial charge in [-0.1, -0.05) is 47.6 Å². The van der Waals surface area contributed by atoms with E-state index in [0.29, 0.717) is 28.8 Å². The van der Waals surface area contributed by atoms with Gasteiger partial charge in [-0.25, -0.2) is 0 Å². The van der Waals surface area contributed by atoms with Crippen LogP contribution in [0.25, 0.3) is 0 Å². The van der Waals surface area contributed by atoms with E-state index in [1.165, 1.54) is 0 Å². The molecule has 0 aliphatic heterocycles. The van der Waals surface area contributed by atoms with Crippen LogP contribution in [-0.2, 0) is 6.42 Å². The molecular weight excluding hydrogens is 368 g/mol. The summed E-state index contributed by atoms with van der Waals surface area (Å²) in [6.45, 7) is 13.7. The first-order valence-corrected chi connectivity index (χ1v) is 12.4. The molecule has 1 aromatic carbocycles. The van der Waals surface area contributed by atoms with E-state index in [-0.39, 0.29) is 0 Å². The van der Waals surface area contributed by atoms with Crippen LogP contribution in [0.2, 0.25) is 16.6 Å². The number of methoxy groups -OCH3 is 1. The lowest BCUT2D eigenvalue weighted by atomic mass is 10.0. The van der Waals surface area contributed by atoms with Gasteiger partial charge in [-0.3, -0.25) is 0 Å². The number of hydrogen-bond acceptors (Lipinski definition) is 4. The first kappa shape index (κ1) is 22.6. The zero-order chi connectivity index (χ0) is 20.9. The molecule has 1 aromatic heterocycles. The summed E-state index contributed by atoms with van der Waals surface area (Å²) in [5, 5.41) is 10.3. The van der Waals surface area contributed by atoms with E-state index in [2.05, 4.69) is 47.6 Å². The first-order valence-electron chi connectivity index (χ1n) is 10.3. The van der Waals surface area contributed by atoms with Crippen LogP contribution in [0.5, 0.6) is 11.5 Å². The molecule has 1 heterocycles. The molecule has 0 radical (unpaired) electrons. The number of hydrogen-bond donors (Lipinski definition) is 1. The van der Waals surface area contributed by atoms with E-state index >= 15 is 0 Å². The molecule has 0 spiro atoms. The maximum Gasteiger partial charge on any atom is 0.258 e. The van der Waals surface area contributed by atoms with Crippen LogP contribution in [0.4, 0.5) is 0 Å². The van der Waals surface area contributed by atoms with E-state index in [0.717, 1.165) is 23.5 Å². The first-order chi connectivity index (χ1) is 13.2. The van der Waals surface area contributed by atoms with Gasteiger partial charge in [0, 0.05) is 0 Å².